The monoisotopic (exact) mass is 294 g/mol. The molecule has 1 rings (SSSR count). The molecule has 0 radical (unpaired) electrons. The number of benzene rings is 1. The summed E-state index contributed by atoms with van der Waals surface area (Å²) in [6.07, 6.45) is 0. The Labute approximate surface area is 112 Å². The molecule has 0 aliphatic rings. The molecule has 1 aromatic rings. The van der Waals surface area contributed by atoms with Gasteiger partial charge in [0.2, 0.25) is 10.0 Å². The fraction of sp³-hybridized carbons (Fsp3) is 0.455. The highest BCUT2D eigenvalue weighted by Crippen LogP contribution is 2.23. The largest absolute Gasteiger partial charge is 0.313 e. The van der Waals surface area contributed by atoms with Crippen LogP contribution in [0.5, 0.6) is 0 Å². The van der Waals surface area contributed by atoms with E-state index in [1.54, 1.807) is 0 Å². The minimum Gasteiger partial charge on any atom is -0.313 e. The maximum absolute atomic E-state index is 13.0. The number of halogens is 2. The third-order valence-corrected chi connectivity index (χ3v) is 3.72. The van der Waals surface area contributed by atoms with Crippen LogP contribution < -0.4 is 10.0 Å². The van der Waals surface area contributed by atoms with Gasteiger partial charge in [-0.3, -0.25) is 4.72 Å². The SMILES string of the molecule is CC(C)NCCS(=O)(=O)Nc1cc(F)ccc1Cl. The van der Waals surface area contributed by atoms with Gasteiger partial charge in [0.15, 0.2) is 0 Å². The second-order valence-electron chi connectivity index (χ2n) is 4.15. The van der Waals surface area contributed by atoms with Crippen LogP contribution in [0.3, 0.4) is 0 Å². The molecule has 0 aromatic heterocycles. The van der Waals surface area contributed by atoms with E-state index >= 15 is 0 Å². The number of hydrogen-bond donors (Lipinski definition) is 2. The van der Waals surface area contributed by atoms with Gasteiger partial charge in [0.25, 0.3) is 0 Å². The van der Waals surface area contributed by atoms with Crippen molar-refractivity contribution < 1.29 is 12.8 Å². The molecule has 1 aromatic carbocycles. The Balaban J connectivity index is 2.67. The Morgan fingerprint density at radius 2 is 2.06 bits per heavy atom. The van der Waals surface area contributed by atoms with Crippen molar-refractivity contribution in [3.05, 3.63) is 29.0 Å². The zero-order valence-corrected chi connectivity index (χ0v) is 11.8. The van der Waals surface area contributed by atoms with Crippen molar-refractivity contribution in [1.29, 1.82) is 0 Å². The van der Waals surface area contributed by atoms with Gasteiger partial charge in [-0.2, -0.15) is 0 Å². The summed E-state index contributed by atoms with van der Waals surface area (Å²) in [6, 6.07) is 3.73. The van der Waals surface area contributed by atoms with Crippen LogP contribution in [-0.4, -0.2) is 26.8 Å². The minimum atomic E-state index is -3.53. The van der Waals surface area contributed by atoms with E-state index in [0.29, 0.717) is 6.54 Å². The van der Waals surface area contributed by atoms with Crippen molar-refractivity contribution in [3.63, 3.8) is 0 Å². The molecule has 7 heteroatoms. The highest BCUT2D eigenvalue weighted by atomic mass is 35.5. The summed E-state index contributed by atoms with van der Waals surface area (Å²) in [5.74, 6) is -0.643. The van der Waals surface area contributed by atoms with Crippen molar-refractivity contribution in [3.8, 4) is 0 Å². The zero-order valence-electron chi connectivity index (χ0n) is 10.2. The molecule has 0 unspecified atom stereocenters. The second kappa shape index (κ2) is 6.36. The number of hydrogen-bond acceptors (Lipinski definition) is 3. The molecule has 0 saturated heterocycles. The standard InChI is InChI=1S/C11H16ClFN2O2S/c1-8(2)14-5-6-18(16,17)15-11-7-9(13)3-4-10(11)12/h3-4,7-8,14-15H,5-6H2,1-2H3. The molecule has 4 nitrogen and oxygen atoms in total. The Morgan fingerprint density at radius 1 is 1.39 bits per heavy atom. The fourth-order valence-electron chi connectivity index (χ4n) is 1.28. The molecule has 0 atom stereocenters. The van der Waals surface area contributed by atoms with Gasteiger partial charge in [0.05, 0.1) is 16.5 Å². The summed E-state index contributed by atoms with van der Waals surface area (Å²) in [7, 11) is -3.53. The summed E-state index contributed by atoms with van der Waals surface area (Å²) in [6.45, 7) is 4.16. The van der Waals surface area contributed by atoms with Gasteiger partial charge in [-0.15, -0.1) is 0 Å². The Morgan fingerprint density at radius 3 is 2.67 bits per heavy atom. The smallest absolute Gasteiger partial charge is 0.234 e. The molecule has 0 saturated carbocycles. The lowest BCUT2D eigenvalue weighted by molar-refractivity contribution is 0.582. The van der Waals surface area contributed by atoms with Gasteiger partial charge >= 0.3 is 0 Å². The summed E-state index contributed by atoms with van der Waals surface area (Å²) in [5.41, 5.74) is 0.0567. The molecule has 18 heavy (non-hydrogen) atoms. The lowest BCUT2D eigenvalue weighted by Gasteiger charge is -2.11. The topological polar surface area (TPSA) is 58.2 Å². The van der Waals surface area contributed by atoms with Crippen LogP contribution in [0.2, 0.25) is 5.02 Å². The van der Waals surface area contributed by atoms with Crippen LogP contribution >= 0.6 is 11.6 Å². The van der Waals surface area contributed by atoms with Crippen molar-refractivity contribution in [2.45, 2.75) is 19.9 Å². The average molecular weight is 295 g/mol. The van der Waals surface area contributed by atoms with Gasteiger partial charge in [0.1, 0.15) is 5.82 Å². The van der Waals surface area contributed by atoms with E-state index in [-0.39, 0.29) is 22.5 Å². The Bertz CT molecular complexity index is 506. The molecule has 0 fully saturated rings. The number of rotatable bonds is 6. The predicted molar refractivity (Wildman–Crippen MR) is 72.0 cm³/mol. The molecule has 0 amide bonds. The molecule has 0 heterocycles. The van der Waals surface area contributed by atoms with Crippen LogP contribution in [-0.2, 0) is 10.0 Å². The first kappa shape index (κ1) is 15.2. The van der Waals surface area contributed by atoms with Crippen LogP contribution in [0.25, 0.3) is 0 Å². The van der Waals surface area contributed by atoms with Gasteiger partial charge in [-0.1, -0.05) is 25.4 Å². The van der Waals surface area contributed by atoms with Crippen LogP contribution in [0.15, 0.2) is 18.2 Å². The predicted octanol–water partition coefficient (Wildman–Crippen LogP) is 2.22. The molecule has 0 bridgehead atoms. The third kappa shape index (κ3) is 5.20. The summed E-state index contributed by atoms with van der Waals surface area (Å²) >= 11 is 5.78. The second-order valence-corrected chi connectivity index (χ2v) is 6.40. The Hall–Kier alpha value is -0.850. The average Bonchev–Trinajstić information content (AvgIpc) is 2.22. The van der Waals surface area contributed by atoms with Crippen LogP contribution in [0, 0.1) is 5.82 Å². The molecule has 0 spiro atoms. The normalized spacial score (nSPS) is 11.8. The minimum absolute atomic E-state index is 0.0567. The summed E-state index contributed by atoms with van der Waals surface area (Å²) < 4.78 is 38.7. The highest BCUT2D eigenvalue weighted by Gasteiger charge is 2.13. The Kier molecular flexibility index (Phi) is 5.37. The van der Waals surface area contributed by atoms with E-state index in [2.05, 4.69) is 10.0 Å². The summed E-state index contributed by atoms with van der Waals surface area (Å²) in [4.78, 5) is 0. The van der Waals surface area contributed by atoms with Gasteiger partial charge in [-0.25, -0.2) is 12.8 Å². The first-order valence-corrected chi connectivity index (χ1v) is 7.52. The van der Waals surface area contributed by atoms with Crippen molar-refractivity contribution in [2.24, 2.45) is 0 Å². The van der Waals surface area contributed by atoms with Crippen molar-refractivity contribution >= 4 is 27.3 Å². The lowest BCUT2D eigenvalue weighted by atomic mass is 10.3. The van der Waals surface area contributed by atoms with E-state index in [1.807, 2.05) is 13.8 Å². The molecular formula is C11H16ClFN2O2S. The fourth-order valence-corrected chi connectivity index (χ4v) is 2.49. The molecule has 2 N–H and O–H groups in total. The maximum Gasteiger partial charge on any atom is 0.234 e. The molecular weight excluding hydrogens is 279 g/mol. The van der Waals surface area contributed by atoms with Crippen LogP contribution in [0.1, 0.15) is 13.8 Å². The molecule has 102 valence electrons. The quantitative estimate of drug-likeness (QED) is 0.846. The molecule has 0 aliphatic heterocycles. The maximum atomic E-state index is 13.0. The molecule has 0 aliphatic carbocycles. The first-order valence-electron chi connectivity index (χ1n) is 5.49. The highest BCUT2D eigenvalue weighted by molar-refractivity contribution is 7.92. The van der Waals surface area contributed by atoms with E-state index in [1.165, 1.54) is 12.1 Å². The van der Waals surface area contributed by atoms with E-state index in [9.17, 15) is 12.8 Å². The van der Waals surface area contributed by atoms with Gasteiger partial charge < -0.3 is 5.32 Å². The van der Waals surface area contributed by atoms with Crippen molar-refractivity contribution in [1.82, 2.24) is 5.32 Å². The lowest BCUT2D eigenvalue weighted by Crippen LogP contribution is -2.31. The number of nitrogens with one attached hydrogen (secondary N) is 2. The number of sulfonamides is 1. The van der Waals surface area contributed by atoms with Crippen molar-refractivity contribution in [2.75, 3.05) is 17.0 Å². The van der Waals surface area contributed by atoms with E-state index < -0.39 is 15.8 Å². The third-order valence-electron chi connectivity index (χ3n) is 2.12. The van der Waals surface area contributed by atoms with Gasteiger partial charge in [0, 0.05) is 12.6 Å². The first-order chi connectivity index (χ1) is 8.30. The van der Waals surface area contributed by atoms with E-state index in [0.717, 1.165) is 6.07 Å². The van der Waals surface area contributed by atoms with E-state index in [4.69, 9.17) is 11.6 Å². The zero-order chi connectivity index (χ0) is 13.8. The van der Waals surface area contributed by atoms with Crippen LogP contribution in [0.4, 0.5) is 10.1 Å². The van der Waals surface area contributed by atoms with Gasteiger partial charge in [-0.05, 0) is 18.2 Å². The summed E-state index contributed by atoms with van der Waals surface area (Å²) in [5, 5.41) is 3.15. The number of anilines is 1.